The number of amides is 1. The molecule has 40 heavy (non-hydrogen) atoms. The molecular formula is C32H21N3OS4. The molecule has 8 rings (SSSR count). The van der Waals surface area contributed by atoms with Gasteiger partial charge in [-0.1, -0.05) is 36.4 Å². The van der Waals surface area contributed by atoms with Gasteiger partial charge in [-0.3, -0.25) is 9.69 Å². The van der Waals surface area contributed by atoms with Crippen molar-refractivity contribution in [1.82, 2.24) is 14.4 Å². The van der Waals surface area contributed by atoms with Crippen molar-refractivity contribution < 1.29 is 4.79 Å². The number of thiophene rings is 3. The largest absolute Gasteiger partial charge is 0.317 e. The maximum atomic E-state index is 12.6. The summed E-state index contributed by atoms with van der Waals surface area (Å²) in [6.45, 7) is 0. The van der Waals surface area contributed by atoms with Crippen molar-refractivity contribution in [3.8, 4) is 15.4 Å². The second kappa shape index (κ2) is 8.84. The molecule has 1 aliphatic heterocycles. The number of carbonyl (C=O) groups excluding carboxylic acids is 1. The molecule has 1 fully saturated rings. The highest BCUT2D eigenvalue weighted by atomic mass is 32.1. The van der Waals surface area contributed by atoms with Crippen LogP contribution in [0, 0.1) is 0 Å². The molecule has 5 heterocycles. The van der Waals surface area contributed by atoms with Gasteiger partial charge < -0.3 is 9.47 Å². The summed E-state index contributed by atoms with van der Waals surface area (Å²) in [5.74, 6) is -0.0631. The number of thiocarbonyl (C=S) groups is 1. The number of fused-ring (bicyclic) bond motifs is 5. The van der Waals surface area contributed by atoms with Crippen molar-refractivity contribution in [2.45, 2.75) is 0 Å². The van der Waals surface area contributed by atoms with Crippen LogP contribution in [0.15, 0.2) is 90.6 Å². The molecule has 3 aromatic carbocycles. The number of nitrogens with zero attached hydrogens (tertiary/aromatic N) is 3. The van der Waals surface area contributed by atoms with Gasteiger partial charge in [-0.05, 0) is 77.6 Å². The molecule has 8 heteroatoms. The number of aromatic nitrogens is 1. The second-order valence-corrected chi connectivity index (χ2v) is 13.5. The Balaban J connectivity index is 1.22. The van der Waals surface area contributed by atoms with E-state index in [-0.39, 0.29) is 5.91 Å². The van der Waals surface area contributed by atoms with E-state index in [2.05, 4.69) is 89.5 Å². The maximum absolute atomic E-state index is 12.6. The molecule has 0 radical (unpaired) electrons. The summed E-state index contributed by atoms with van der Waals surface area (Å²) < 4.78 is 4.86. The van der Waals surface area contributed by atoms with Crippen LogP contribution in [0.2, 0.25) is 0 Å². The number of hydrogen-bond acceptors (Lipinski definition) is 5. The van der Waals surface area contributed by atoms with Crippen molar-refractivity contribution in [1.29, 1.82) is 0 Å². The summed E-state index contributed by atoms with van der Waals surface area (Å²) in [6.07, 6.45) is 1.95. The molecule has 4 aromatic heterocycles. The Hall–Kier alpha value is -3.82. The lowest BCUT2D eigenvalue weighted by Gasteiger charge is -2.10. The van der Waals surface area contributed by atoms with Crippen LogP contribution < -0.4 is 0 Å². The predicted molar refractivity (Wildman–Crippen MR) is 176 cm³/mol. The number of rotatable bonds is 3. The van der Waals surface area contributed by atoms with Crippen molar-refractivity contribution >= 4 is 105 Å². The van der Waals surface area contributed by atoms with Crippen molar-refractivity contribution in [3.05, 3.63) is 95.5 Å². The average molecular weight is 592 g/mol. The van der Waals surface area contributed by atoms with Gasteiger partial charge in [0.1, 0.15) is 10.5 Å². The van der Waals surface area contributed by atoms with Crippen LogP contribution in [0.3, 0.4) is 0 Å². The van der Waals surface area contributed by atoms with E-state index in [0.717, 1.165) is 4.88 Å². The third-order valence-electron chi connectivity index (χ3n) is 7.52. The van der Waals surface area contributed by atoms with E-state index in [1.54, 1.807) is 23.3 Å². The van der Waals surface area contributed by atoms with Gasteiger partial charge in [0.2, 0.25) is 0 Å². The van der Waals surface area contributed by atoms with Crippen LogP contribution >= 0.6 is 46.2 Å². The molecule has 194 valence electrons. The highest BCUT2D eigenvalue weighted by Gasteiger charge is 2.32. The number of likely N-dealkylation sites (N-methyl/N-ethyl adjacent to an activating group) is 2. The summed E-state index contributed by atoms with van der Waals surface area (Å²) in [5, 5.41) is 5.55. The van der Waals surface area contributed by atoms with Crippen molar-refractivity contribution in [2.75, 3.05) is 14.1 Å². The van der Waals surface area contributed by atoms with Crippen molar-refractivity contribution in [2.24, 2.45) is 0 Å². The summed E-state index contributed by atoms with van der Waals surface area (Å²) in [7, 11) is 3.57. The van der Waals surface area contributed by atoms with E-state index in [0.29, 0.717) is 10.8 Å². The SMILES string of the molecule is CN1C(=O)/C(=C\c2cc3cc4sc(-c5cc6c7ccccc7n(-c7ccccc7)c6s5)cc4cc3s2)N(C)C1=S. The second-order valence-electron chi connectivity index (χ2n) is 9.94. The zero-order valence-corrected chi connectivity index (χ0v) is 24.8. The summed E-state index contributed by atoms with van der Waals surface area (Å²) in [6, 6.07) is 30.7. The topological polar surface area (TPSA) is 28.5 Å². The van der Waals surface area contributed by atoms with Crippen LogP contribution in [0.25, 0.3) is 62.8 Å². The Kier molecular flexibility index (Phi) is 5.31. The molecule has 1 aliphatic rings. The molecule has 0 atom stereocenters. The van der Waals surface area contributed by atoms with Gasteiger partial charge >= 0.3 is 0 Å². The zero-order chi connectivity index (χ0) is 27.1. The lowest BCUT2D eigenvalue weighted by Crippen LogP contribution is -2.26. The quantitative estimate of drug-likeness (QED) is 0.152. The Morgan fingerprint density at radius 2 is 1.43 bits per heavy atom. The fraction of sp³-hybridized carbons (Fsp3) is 0.0625. The van der Waals surface area contributed by atoms with Gasteiger partial charge in [0.25, 0.3) is 5.91 Å². The van der Waals surface area contributed by atoms with Crippen LogP contribution in [-0.2, 0) is 4.79 Å². The third kappa shape index (κ3) is 3.53. The number of carbonyl (C=O) groups is 1. The highest BCUT2D eigenvalue weighted by Crippen LogP contribution is 2.45. The minimum atomic E-state index is -0.0631. The molecule has 4 nitrogen and oxygen atoms in total. The monoisotopic (exact) mass is 591 g/mol. The number of hydrogen-bond donors (Lipinski definition) is 0. The fourth-order valence-electron chi connectivity index (χ4n) is 5.51. The van der Waals surface area contributed by atoms with Crippen LogP contribution in [-0.4, -0.2) is 39.5 Å². The zero-order valence-electron chi connectivity index (χ0n) is 21.5. The Morgan fingerprint density at radius 1 is 0.725 bits per heavy atom. The first-order valence-corrected chi connectivity index (χ1v) is 15.7. The van der Waals surface area contributed by atoms with Crippen molar-refractivity contribution in [3.63, 3.8) is 0 Å². The first-order valence-electron chi connectivity index (χ1n) is 12.8. The predicted octanol–water partition coefficient (Wildman–Crippen LogP) is 8.97. The molecular weight excluding hydrogens is 571 g/mol. The van der Waals surface area contributed by atoms with Crippen LogP contribution in [0.1, 0.15) is 4.88 Å². The first-order chi connectivity index (χ1) is 19.5. The van der Waals surface area contributed by atoms with Gasteiger partial charge in [0, 0.05) is 54.6 Å². The van der Waals surface area contributed by atoms with Gasteiger partial charge in [-0.25, -0.2) is 0 Å². The maximum Gasteiger partial charge on any atom is 0.276 e. The van der Waals surface area contributed by atoms with E-state index in [1.165, 1.54) is 61.6 Å². The van der Waals surface area contributed by atoms with E-state index in [1.807, 2.05) is 35.8 Å². The molecule has 0 spiro atoms. The molecule has 7 aromatic rings. The van der Waals surface area contributed by atoms with Crippen LogP contribution in [0.5, 0.6) is 0 Å². The van der Waals surface area contributed by atoms with E-state index < -0.39 is 0 Å². The fourth-order valence-corrected chi connectivity index (χ4v) is 9.10. The Bertz CT molecular complexity index is 2140. The van der Waals surface area contributed by atoms with Crippen LogP contribution in [0.4, 0.5) is 0 Å². The lowest BCUT2D eigenvalue weighted by atomic mass is 10.2. The summed E-state index contributed by atoms with van der Waals surface area (Å²) >= 11 is 10.8. The van der Waals surface area contributed by atoms with Gasteiger partial charge in [0.15, 0.2) is 5.11 Å². The molecule has 0 unspecified atom stereocenters. The van der Waals surface area contributed by atoms with Gasteiger partial charge in [-0.15, -0.1) is 34.0 Å². The number of benzene rings is 3. The van der Waals surface area contributed by atoms with E-state index >= 15 is 0 Å². The first kappa shape index (κ1) is 24.0. The normalized spacial score (nSPS) is 15.3. The molecule has 0 N–H and O–H groups in total. The standard InChI is InChI=1S/C32H21N3OS4/c1-33-25(30(36)34(2)32(33)37)16-21-12-18-13-27-19(14-26(18)38-21)15-28(39-27)29-17-23-22-10-6-7-11-24(22)35(31(23)40-29)20-8-4-3-5-9-20/h3-17H,1-2H3/b25-16+. The van der Waals surface area contributed by atoms with Gasteiger partial charge in [-0.2, -0.15) is 0 Å². The summed E-state index contributed by atoms with van der Waals surface area (Å²) in [4.78, 5) is 20.8. The molecule has 1 saturated heterocycles. The molecule has 0 bridgehead atoms. The molecule has 0 saturated carbocycles. The third-order valence-corrected chi connectivity index (χ3v) is 11.5. The van der Waals surface area contributed by atoms with E-state index in [4.69, 9.17) is 12.2 Å². The minimum Gasteiger partial charge on any atom is -0.317 e. The smallest absolute Gasteiger partial charge is 0.276 e. The Labute approximate surface area is 247 Å². The highest BCUT2D eigenvalue weighted by molar-refractivity contribution is 7.80. The molecule has 1 amide bonds. The van der Waals surface area contributed by atoms with E-state index in [9.17, 15) is 4.79 Å². The molecule has 0 aliphatic carbocycles. The Morgan fingerprint density at radius 3 is 2.20 bits per heavy atom. The lowest BCUT2D eigenvalue weighted by molar-refractivity contribution is -0.121. The van der Waals surface area contributed by atoms with Gasteiger partial charge in [0.05, 0.1) is 5.52 Å². The number of para-hydroxylation sites is 2. The average Bonchev–Trinajstić information content (AvgIpc) is 3.76. The summed E-state index contributed by atoms with van der Waals surface area (Å²) in [5.41, 5.74) is 3.03. The minimum absolute atomic E-state index is 0.0631.